The Kier molecular flexibility index (Phi) is 12.4. The third kappa shape index (κ3) is 8.71. The van der Waals surface area contributed by atoms with Crippen LogP contribution in [0.25, 0.3) is 0 Å². The topological polar surface area (TPSA) is 97.4 Å². The number of rotatable bonds is 14. The Morgan fingerprint density at radius 1 is 1.02 bits per heavy atom. The number of ether oxygens (including phenoxy) is 3. The van der Waals surface area contributed by atoms with E-state index in [4.69, 9.17) is 14.2 Å². The van der Waals surface area contributed by atoms with Crippen molar-refractivity contribution in [3.8, 4) is 11.5 Å². The van der Waals surface area contributed by atoms with Crippen molar-refractivity contribution >= 4 is 15.9 Å². The van der Waals surface area contributed by atoms with Crippen molar-refractivity contribution in [2.75, 3.05) is 54.6 Å². The summed E-state index contributed by atoms with van der Waals surface area (Å²) in [5, 5.41) is 2.98. The zero-order valence-corrected chi connectivity index (χ0v) is 27.3. The lowest BCUT2D eigenvalue weighted by Crippen LogP contribution is -2.46. The molecule has 0 radical (unpaired) electrons. The molecule has 1 N–H and O–H groups in total. The first-order chi connectivity index (χ1) is 21.1. The minimum absolute atomic E-state index is 0.0900. The predicted molar refractivity (Wildman–Crippen MR) is 168 cm³/mol. The van der Waals surface area contributed by atoms with Crippen molar-refractivity contribution in [2.45, 2.75) is 68.3 Å². The van der Waals surface area contributed by atoms with Gasteiger partial charge in [-0.25, -0.2) is 12.8 Å². The van der Waals surface area contributed by atoms with Crippen LogP contribution in [-0.4, -0.2) is 84.2 Å². The van der Waals surface area contributed by atoms with Gasteiger partial charge in [0, 0.05) is 31.2 Å². The first kappa shape index (κ1) is 34.1. The molecule has 0 bridgehead atoms. The lowest BCUT2D eigenvalue weighted by molar-refractivity contribution is -0.126. The van der Waals surface area contributed by atoms with Crippen LogP contribution in [0, 0.1) is 17.7 Å². The number of nitrogens with zero attached hydrogens (tertiary/aromatic N) is 2. The summed E-state index contributed by atoms with van der Waals surface area (Å²) in [6.45, 7) is 1.02. The van der Waals surface area contributed by atoms with Gasteiger partial charge >= 0.3 is 0 Å². The number of hydrogen-bond donors (Lipinski definition) is 1. The van der Waals surface area contributed by atoms with Gasteiger partial charge in [-0.3, -0.25) is 4.79 Å². The number of hydrogen-bond acceptors (Lipinski definition) is 7. The molecule has 11 heteroatoms. The van der Waals surface area contributed by atoms with Crippen molar-refractivity contribution < 1.29 is 31.8 Å². The highest BCUT2D eigenvalue weighted by Crippen LogP contribution is 2.40. The van der Waals surface area contributed by atoms with Crippen molar-refractivity contribution in [2.24, 2.45) is 11.8 Å². The van der Waals surface area contributed by atoms with Gasteiger partial charge in [0.05, 0.1) is 20.8 Å². The number of nitrogens with one attached hydrogen (secondary N) is 1. The van der Waals surface area contributed by atoms with Crippen LogP contribution < -0.4 is 14.8 Å². The summed E-state index contributed by atoms with van der Waals surface area (Å²) >= 11 is 0. The van der Waals surface area contributed by atoms with Gasteiger partial charge < -0.3 is 24.4 Å². The molecular weight excluding hydrogens is 585 g/mol. The van der Waals surface area contributed by atoms with E-state index in [0.29, 0.717) is 37.1 Å². The highest BCUT2D eigenvalue weighted by molar-refractivity contribution is 7.89. The second-order valence-corrected chi connectivity index (χ2v) is 14.0. The van der Waals surface area contributed by atoms with E-state index in [-0.39, 0.29) is 47.7 Å². The molecule has 1 heterocycles. The first-order valence-electron chi connectivity index (χ1n) is 15.6. The van der Waals surface area contributed by atoms with E-state index in [1.54, 1.807) is 12.1 Å². The van der Waals surface area contributed by atoms with Crippen molar-refractivity contribution in [1.29, 1.82) is 0 Å². The summed E-state index contributed by atoms with van der Waals surface area (Å²) in [6, 6.07) is 11.5. The first-order valence-corrected chi connectivity index (χ1v) is 17.1. The van der Waals surface area contributed by atoms with Gasteiger partial charge in [0.15, 0.2) is 0 Å². The Hall–Kier alpha value is -2.73. The molecule has 2 aliphatic rings. The van der Waals surface area contributed by atoms with Gasteiger partial charge in [-0.2, -0.15) is 4.31 Å². The summed E-state index contributed by atoms with van der Waals surface area (Å²) in [4.78, 5) is 14.9. The zero-order valence-electron chi connectivity index (χ0n) is 26.5. The maximum absolute atomic E-state index is 13.6. The molecule has 44 heavy (non-hydrogen) atoms. The zero-order chi connectivity index (χ0) is 31.7. The van der Waals surface area contributed by atoms with Crippen LogP contribution in [0.15, 0.2) is 47.4 Å². The minimum Gasteiger partial charge on any atom is -0.497 e. The van der Waals surface area contributed by atoms with E-state index in [1.807, 2.05) is 12.1 Å². The van der Waals surface area contributed by atoms with Gasteiger partial charge in [-0.1, -0.05) is 31.4 Å². The number of piperidine rings is 1. The second kappa shape index (κ2) is 16.0. The van der Waals surface area contributed by atoms with Crippen molar-refractivity contribution in [3.05, 3.63) is 53.8 Å². The lowest BCUT2D eigenvalue weighted by atomic mass is 9.75. The molecular formula is C33H48FN3O6S. The fraction of sp³-hybridized carbons (Fsp3) is 0.606. The van der Waals surface area contributed by atoms with Crippen LogP contribution in [0.4, 0.5) is 4.39 Å². The molecule has 1 aliphatic carbocycles. The third-order valence-electron chi connectivity index (χ3n) is 9.05. The summed E-state index contributed by atoms with van der Waals surface area (Å²) in [5.41, 5.74) is 1.15. The normalized spacial score (nSPS) is 22.0. The van der Waals surface area contributed by atoms with E-state index < -0.39 is 10.0 Å². The van der Waals surface area contributed by atoms with Crippen LogP contribution in [0.3, 0.4) is 0 Å². The average molecular weight is 634 g/mol. The van der Waals surface area contributed by atoms with Crippen LogP contribution in [0.5, 0.6) is 11.5 Å². The van der Waals surface area contributed by atoms with E-state index in [2.05, 4.69) is 24.3 Å². The van der Waals surface area contributed by atoms with Crippen LogP contribution >= 0.6 is 0 Å². The fourth-order valence-electron chi connectivity index (χ4n) is 6.77. The van der Waals surface area contributed by atoms with Crippen LogP contribution in [0.1, 0.15) is 63.0 Å². The van der Waals surface area contributed by atoms with Crippen molar-refractivity contribution in [3.63, 3.8) is 0 Å². The predicted octanol–water partition coefficient (Wildman–Crippen LogP) is 5.02. The standard InChI is InChI=1S/C33H48FN3O6S/c1-36(2)33(26-12-14-27(34)15-13-26)25-10-8-24(9-11-25)18-19-35-32(38)23-43-22-28-7-5-6-20-37(28)44(39,40)31-17-16-29(41-3)21-30(31)42-4/h12-17,21,24-25,28,33H,5-11,18-20,22-23H2,1-4H3,(H,35,38). The number of carbonyl (C=O) groups excluding carboxylic acids is 1. The number of methoxy groups -OCH3 is 2. The van der Waals surface area contributed by atoms with E-state index in [0.717, 1.165) is 50.5 Å². The monoisotopic (exact) mass is 633 g/mol. The van der Waals surface area contributed by atoms with Gasteiger partial charge in [-0.05, 0) is 87.9 Å². The minimum atomic E-state index is -3.83. The van der Waals surface area contributed by atoms with E-state index in [1.165, 1.54) is 36.7 Å². The molecule has 244 valence electrons. The molecule has 2 fully saturated rings. The molecule has 1 amide bonds. The highest BCUT2D eigenvalue weighted by atomic mass is 32.2. The number of benzene rings is 2. The molecule has 9 nitrogen and oxygen atoms in total. The van der Waals surface area contributed by atoms with Crippen LogP contribution in [-0.2, 0) is 19.6 Å². The van der Waals surface area contributed by atoms with Gasteiger partial charge in [0.25, 0.3) is 0 Å². The lowest BCUT2D eigenvalue weighted by Gasteiger charge is -2.37. The summed E-state index contributed by atoms with van der Waals surface area (Å²) < 4.78 is 58.4. The van der Waals surface area contributed by atoms with E-state index in [9.17, 15) is 17.6 Å². The molecule has 0 spiro atoms. The fourth-order valence-corrected chi connectivity index (χ4v) is 8.59. The van der Waals surface area contributed by atoms with Gasteiger partial charge in [0.2, 0.25) is 15.9 Å². The van der Waals surface area contributed by atoms with E-state index >= 15 is 0 Å². The number of halogens is 1. The van der Waals surface area contributed by atoms with Gasteiger partial charge in [-0.15, -0.1) is 0 Å². The molecule has 1 saturated carbocycles. The Bertz CT molecular complexity index is 1320. The maximum Gasteiger partial charge on any atom is 0.247 e. The van der Waals surface area contributed by atoms with Crippen LogP contribution in [0.2, 0.25) is 0 Å². The second-order valence-electron chi connectivity index (χ2n) is 12.2. The molecule has 2 unspecified atom stereocenters. The maximum atomic E-state index is 13.6. The Morgan fingerprint density at radius 2 is 1.75 bits per heavy atom. The molecule has 1 saturated heterocycles. The summed E-state index contributed by atoms with van der Waals surface area (Å²) in [7, 11) is 3.28. The molecule has 0 aromatic heterocycles. The van der Waals surface area contributed by atoms with Gasteiger partial charge in [0.1, 0.15) is 28.8 Å². The average Bonchev–Trinajstić information content (AvgIpc) is 3.02. The van der Waals surface area contributed by atoms with Crippen molar-refractivity contribution in [1.82, 2.24) is 14.5 Å². The number of sulfonamides is 1. The Labute approximate surface area is 262 Å². The Morgan fingerprint density at radius 3 is 2.41 bits per heavy atom. The molecule has 1 aliphatic heterocycles. The Balaban J connectivity index is 1.20. The summed E-state index contributed by atoms with van der Waals surface area (Å²) in [6.07, 6.45) is 7.65. The quantitative estimate of drug-likeness (QED) is 0.312. The molecule has 2 aromatic rings. The summed E-state index contributed by atoms with van der Waals surface area (Å²) in [5.74, 6) is 1.41. The smallest absolute Gasteiger partial charge is 0.247 e. The number of amides is 1. The highest BCUT2D eigenvalue weighted by Gasteiger charge is 2.36. The molecule has 4 rings (SSSR count). The number of carbonyl (C=O) groups is 1. The third-order valence-corrected chi connectivity index (χ3v) is 11.0. The molecule has 2 aromatic carbocycles. The molecule has 2 atom stereocenters. The SMILES string of the molecule is COc1ccc(S(=O)(=O)N2CCCCC2COCC(=O)NCCC2CCC(C(c3ccc(F)cc3)N(C)C)CC2)c(OC)c1. The largest absolute Gasteiger partial charge is 0.497 e.